The third-order valence-corrected chi connectivity index (χ3v) is 3.56. The van der Waals surface area contributed by atoms with Gasteiger partial charge in [-0.3, -0.25) is 4.98 Å². The van der Waals surface area contributed by atoms with Crippen molar-refractivity contribution in [3.8, 4) is 11.3 Å². The van der Waals surface area contributed by atoms with Gasteiger partial charge in [0.05, 0.1) is 17.8 Å². The van der Waals surface area contributed by atoms with Crippen LogP contribution < -0.4 is 0 Å². The zero-order valence-corrected chi connectivity index (χ0v) is 12.1. The fourth-order valence-electron chi connectivity index (χ4n) is 2.27. The first-order chi connectivity index (χ1) is 10.8. The summed E-state index contributed by atoms with van der Waals surface area (Å²) in [5.74, 6) is -3.25. The molecule has 0 amide bonds. The Hall–Kier alpha value is -2.41. The van der Waals surface area contributed by atoms with E-state index in [-0.39, 0.29) is 5.71 Å². The van der Waals surface area contributed by atoms with Crippen LogP contribution >= 0.6 is 0 Å². The van der Waals surface area contributed by atoms with E-state index in [2.05, 4.69) is 15.0 Å². The van der Waals surface area contributed by atoms with Gasteiger partial charge in [0, 0.05) is 11.3 Å². The third kappa shape index (κ3) is 2.92. The highest BCUT2D eigenvalue weighted by Gasteiger charge is 2.60. The Bertz CT molecular complexity index is 757. The minimum Gasteiger partial charge on any atom is -0.350 e. The fraction of sp³-hybridized carbons (Fsp3) is 0.250. The molecule has 1 unspecified atom stereocenters. The van der Waals surface area contributed by atoms with Gasteiger partial charge in [0.25, 0.3) is 0 Å². The van der Waals surface area contributed by atoms with Gasteiger partial charge in [-0.05, 0) is 24.6 Å². The monoisotopic (exact) mass is 322 g/mol. The average Bonchev–Trinajstić information content (AvgIpc) is 2.91. The summed E-state index contributed by atoms with van der Waals surface area (Å²) in [7, 11) is 0. The summed E-state index contributed by atoms with van der Waals surface area (Å²) in [5.41, 5.74) is 2.99. The number of pyridine rings is 1. The first-order valence-corrected chi connectivity index (χ1v) is 6.87. The van der Waals surface area contributed by atoms with Gasteiger partial charge in [-0.1, -0.05) is 35.5 Å². The van der Waals surface area contributed by atoms with Gasteiger partial charge >= 0.3 is 12.0 Å². The Kier molecular flexibility index (Phi) is 3.60. The molecule has 0 aliphatic carbocycles. The highest BCUT2D eigenvalue weighted by atomic mass is 19.4. The molecule has 1 aliphatic heterocycles. The summed E-state index contributed by atoms with van der Waals surface area (Å²) < 4.78 is 38.1. The maximum atomic E-state index is 12.7. The lowest BCUT2D eigenvalue weighted by atomic mass is 10.0. The first kappa shape index (κ1) is 15.5. The molecule has 2 aromatic rings. The number of benzene rings is 1. The van der Waals surface area contributed by atoms with Gasteiger partial charge < -0.3 is 9.94 Å². The smallest absolute Gasteiger partial charge is 0.350 e. The number of halogens is 3. The molecular formula is C16H13F3N2O2. The summed E-state index contributed by atoms with van der Waals surface area (Å²) in [5, 5.41) is 12.8. The Balaban J connectivity index is 1.82. The van der Waals surface area contributed by atoms with Crippen molar-refractivity contribution in [1.29, 1.82) is 0 Å². The SMILES string of the molecule is Cc1cccc(-c2ccc(C3=NOC(O)(C(F)(F)F)C3)cc2)n1. The van der Waals surface area contributed by atoms with Gasteiger partial charge in [-0.15, -0.1) is 0 Å². The van der Waals surface area contributed by atoms with Crippen molar-refractivity contribution in [2.24, 2.45) is 5.16 Å². The van der Waals surface area contributed by atoms with E-state index in [4.69, 9.17) is 0 Å². The highest BCUT2D eigenvalue weighted by Crippen LogP contribution is 2.39. The van der Waals surface area contributed by atoms with Gasteiger partial charge in [-0.2, -0.15) is 13.2 Å². The van der Waals surface area contributed by atoms with Crippen LogP contribution in [0.4, 0.5) is 13.2 Å². The van der Waals surface area contributed by atoms with Gasteiger partial charge in [0.2, 0.25) is 0 Å². The molecule has 1 aromatic heterocycles. The molecule has 1 N–H and O–H groups in total. The van der Waals surface area contributed by atoms with Crippen molar-refractivity contribution in [2.45, 2.75) is 25.3 Å². The van der Waals surface area contributed by atoms with E-state index in [9.17, 15) is 18.3 Å². The van der Waals surface area contributed by atoms with E-state index in [0.717, 1.165) is 17.0 Å². The molecule has 1 aliphatic rings. The molecule has 120 valence electrons. The van der Waals surface area contributed by atoms with Crippen molar-refractivity contribution in [2.75, 3.05) is 0 Å². The maximum Gasteiger partial charge on any atom is 0.458 e. The average molecular weight is 322 g/mol. The Labute approximate surface area is 130 Å². The summed E-state index contributed by atoms with van der Waals surface area (Å²) in [6.45, 7) is 1.88. The second kappa shape index (κ2) is 5.34. The largest absolute Gasteiger partial charge is 0.458 e. The molecule has 0 saturated carbocycles. The Morgan fingerprint density at radius 2 is 1.74 bits per heavy atom. The minimum atomic E-state index is -4.90. The lowest BCUT2D eigenvalue weighted by Gasteiger charge is -2.22. The van der Waals surface area contributed by atoms with Crippen molar-refractivity contribution >= 4 is 5.71 Å². The third-order valence-electron chi connectivity index (χ3n) is 3.56. The standard InChI is InChI=1S/C16H13F3N2O2/c1-10-3-2-4-13(20-10)11-5-7-12(8-6-11)14-9-15(22,23-21-14)16(17,18)19/h2-8,22H,9H2,1H3. The maximum absolute atomic E-state index is 12.7. The van der Waals surface area contributed by atoms with Crippen LogP contribution in [-0.4, -0.2) is 27.8 Å². The number of aliphatic hydroxyl groups is 1. The van der Waals surface area contributed by atoms with Crippen molar-refractivity contribution in [1.82, 2.24) is 4.98 Å². The van der Waals surface area contributed by atoms with E-state index in [1.165, 1.54) is 0 Å². The van der Waals surface area contributed by atoms with Crippen LogP contribution in [0.1, 0.15) is 17.7 Å². The lowest BCUT2D eigenvalue weighted by molar-refractivity contribution is -0.355. The fourth-order valence-corrected chi connectivity index (χ4v) is 2.27. The molecule has 7 heteroatoms. The van der Waals surface area contributed by atoms with E-state index in [1.54, 1.807) is 24.3 Å². The van der Waals surface area contributed by atoms with Crippen LogP contribution in [0.3, 0.4) is 0 Å². The minimum absolute atomic E-state index is 0.0496. The molecule has 0 fully saturated rings. The second-order valence-electron chi connectivity index (χ2n) is 5.33. The molecule has 1 aromatic carbocycles. The van der Waals surface area contributed by atoms with E-state index in [1.807, 2.05) is 25.1 Å². The number of alkyl halides is 3. The van der Waals surface area contributed by atoms with Crippen molar-refractivity contribution in [3.63, 3.8) is 0 Å². The normalized spacial score (nSPS) is 21.0. The van der Waals surface area contributed by atoms with Crippen LogP contribution in [0, 0.1) is 6.92 Å². The van der Waals surface area contributed by atoms with E-state index < -0.39 is 18.4 Å². The van der Waals surface area contributed by atoms with Gasteiger partial charge in [0.15, 0.2) is 0 Å². The topological polar surface area (TPSA) is 54.7 Å². The first-order valence-electron chi connectivity index (χ1n) is 6.87. The van der Waals surface area contributed by atoms with Crippen LogP contribution in [0.2, 0.25) is 0 Å². The molecule has 3 rings (SSSR count). The highest BCUT2D eigenvalue weighted by molar-refractivity contribution is 6.01. The zero-order chi connectivity index (χ0) is 16.7. The number of hydrogen-bond donors (Lipinski definition) is 1. The number of oxime groups is 1. The van der Waals surface area contributed by atoms with E-state index in [0.29, 0.717) is 5.56 Å². The molecule has 0 radical (unpaired) electrons. The number of aryl methyl sites for hydroxylation is 1. The van der Waals surface area contributed by atoms with Crippen LogP contribution in [0.25, 0.3) is 11.3 Å². The number of rotatable bonds is 2. The quantitative estimate of drug-likeness (QED) is 0.921. The molecule has 0 spiro atoms. The molecular weight excluding hydrogens is 309 g/mol. The summed E-state index contributed by atoms with van der Waals surface area (Å²) >= 11 is 0. The predicted molar refractivity (Wildman–Crippen MR) is 77.7 cm³/mol. The molecule has 23 heavy (non-hydrogen) atoms. The predicted octanol–water partition coefficient (Wildman–Crippen LogP) is 3.43. The molecule has 1 atom stereocenters. The van der Waals surface area contributed by atoms with Crippen molar-refractivity contribution < 1.29 is 23.1 Å². The van der Waals surface area contributed by atoms with Crippen molar-refractivity contribution in [3.05, 3.63) is 53.7 Å². The molecule has 0 saturated heterocycles. The summed E-state index contributed by atoms with van der Waals surface area (Å²) in [6, 6.07) is 12.3. The number of hydrogen-bond acceptors (Lipinski definition) is 4. The molecule has 4 nitrogen and oxygen atoms in total. The zero-order valence-electron chi connectivity index (χ0n) is 12.1. The summed E-state index contributed by atoms with van der Waals surface area (Å²) in [6.07, 6.45) is -5.64. The summed E-state index contributed by atoms with van der Waals surface area (Å²) in [4.78, 5) is 8.59. The van der Waals surface area contributed by atoms with Crippen LogP contribution in [0.5, 0.6) is 0 Å². The lowest BCUT2D eigenvalue weighted by Crippen LogP contribution is -2.45. The second-order valence-corrected chi connectivity index (χ2v) is 5.33. The number of nitrogens with zero attached hydrogens (tertiary/aromatic N) is 2. The number of aromatic nitrogens is 1. The molecule has 2 heterocycles. The van der Waals surface area contributed by atoms with E-state index >= 15 is 0 Å². The Morgan fingerprint density at radius 3 is 2.30 bits per heavy atom. The van der Waals surface area contributed by atoms with Crippen LogP contribution in [0.15, 0.2) is 47.6 Å². The van der Waals surface area contributed by atoms with Crippen LogP contribution in [-0.2, 0) is 4.84 Å². The Morgan fingerprint density at radius 1 is 1.09 bits per heavy atom. The van der Waals surface area contributed by atoms with Gasteiger partial charge in [-0.25, -0.2) is 0 Å². The molecule has 0 bridgehead atoms. The van der Waals surface area contributed by atoms with Gasteiger partial charge in [0.1, 0.15) is 0 Å².